The SMILES string of the molecule is OC1[C@@H]2OC(c3ccccc3)OCC2O[C@H](Sc2ccccc2)[C@@H]1O. The summed E-state index contributed by atoms with van der Waals surface area (Å²) in [5.74, 6) is 0. The van der Waals surface area contributed by atoms with E-state index < -0.39 is 36.1 Å². The number of ether oxygens (including phenoxy) is 3. The number of rotatable bonds is 3. The molecule has 2 aromatic rings. The zero-order chi connectivity index (χ0) is 17.2. The van der Waals surface area contributed by atoms with Gasteiger partial charge in [0.25, 0.3) is 0 Å². The van der Waals surface area contributed by atoms with Gasteiger partial charge in [-0.1, -0.05) is 60.3 Å². The van der Waals surface area contributed by atoms with E-state index in [4.69, 9.17) is 14.2 Å². The van der Waals surface area contributed by atoms with Crippen LogP contribution in [0.2, 0.25) is 0 Å². The lowest BCUT2D eigenvalue weighted by atomic mass is 9.99. The lowest BCUT2D eigenvalue weighted by Gasteiger charge is -2.46. The van der Waals surface area contributed by atoms with Crippen molar-refractivity contribution in [2.45, 2.75) is 41.0 Å². The molecule has 6 atom stereocenters. The summed E-state index contributed by atoms with van der Waals surface area (Å²) in [5.41, 5.74) is 0.308. The fourth-order valence-electron chi connectivity index (χ4n) is 3.09. The molecule has 2 aromatic carbocycles. The molecule has 0 radical (unpaired) electrons. The zero-order valence-corrected chi connectivity index (χ0v) is 14.3. The van der Waals surface area contributed by atoms with E-state index in [2.05, 4.69) is 0 Å². The van der Waals surface area contributed by atoms with Crippen molar-refractivity contribution in [2.24, 2.45) is 0 Å². The first-order chi connectivity index (χ1) is 12.2. The van der Waals surface area contributed by atoms with Crippen LogP contribution in [0.3, 0.4) is 0 Å². The third-order valence-electron chi connectivity index (χ3n) is 4.40. The van der Waals surface area contributed by atoms with Gasteiger partial charge in [0, 0.05) is 10.5 Å². The molecule has 6 heteroatoms. The number of thioether (sulfide) groups is 1. The van der Waals surface area contributed by atoms with Crippen LogP contribution >= 0.6 is 11.8 Å². The van der Waals surface area contributed by atoms with Gasteiger partial charge in [-0.15, -0.1) is 0 Å². The zero-order valence-electron chi connectivity index (χ0n) is 13.5. The number of hydrogen-bond donors (Lipinski definition) is 2. The molecule has 2 heterocycles. The van der Waals surface area contributed by atoms with Crippen LogP contribution in [0.15, 0.2) is 65.6 Å². The van der Waals surface area contributed by atoms with Crippen molar-refractivity contribution in [1.82, 2.24) is 0 Å². The van der Waals surface area contributed by atoms with Gasteiger partial charge in [0.2, 0.25) is 0 Å². The van der Waals surface area contributed by atoms with E-state index in [0.717, 1.165) is 10.5 Å². The molecule has 3 unspecified atom stereocenters. The minimum atomic E-state index is -1.04. The summed E-state index contributed by atoms with van der Waals surface area (Å²) in [6.45, 7) is 0.305. The summed E-state index contributed by atoms with van der Waals surface area (Å²) >= 11 is 1.39. The van der Waals surface area contributed by atoms with Crippen molar-refractivity contribution >= 4 is 11.8 Å². The summed E-state index contributed by atoms with van der Waals surface area (Å²) < 4.78 is 17.6. The van der Waals surface area contributed by atoms with Crippen LogP contribution in [0, 0.1) is 0 Å². The van der Waals surface area contributed by atoms with E-state index in [-0.39, 0.29) is 0 Å². The van der Waals surface area contributed by atoms with Crippen molar-refractivity contribution in [1.29, 1.82) is 0 Å². The maximum absolute atomic E-state index is 10.6. The number of fused-ring (bicyclic) bond motifs is 1. The van der Waals surface area contributed by atoms with Crippen molar-refractivity contribution in [3.63, 3.8) is 0 Å². The van der Waals surface area contributed by atoms with Crippen LogP contribution in [0.4, 0.5) is 0 Å². The van der Waals surface area contributed by atoms with Crippen LogP contribution in [0.1, 0.15) is 11.9 Å². The first-order valence-corrected chi connectivity index (χ1v) is 9.15. The number of benzene rings is 2. The lowest BCUT2D eigenvalue weighted by molar-refractivity contribution is -0.318. The summed E-state index contributed by atoms with van der Waals surface area (Å²) in [7, 11) is 0. The molecule has 5 nitrogen and oxygen atoms in total. The minimum Gasteiger partial charge on any atom is -0.387 e. The van der Waals surface area contributed by atoms with Crippen molar-refractivity contribution in [3.8, 4) is 0 Å². The molecule has 0 amide bonds. The standard InChI is InChI=1S/C19H20O5S/c20-15-16(21)19(25-13-9-5-2-6-10-13)23-14-11-22-18(24-17(14)15)12-7-3-1-4-8-12/h1-10,14-21H,11H2/t14?,15?,16-,17-,18?,19-/m1/s1. The molecule has 2 aliphatic heterocycles. The number of hydrogen-bond acceptors (Lipinski definition) is 6. The van der Waals surface area contributed by atoms with E-state index in [1.54, 1.807) is 0 Å². The lowest BCUT2D eigenvalue weighted by Crippen LogP contribution is -2.60. The first-order valence-electron chi connectivity index (χ1n) is 8.28. The minimum absolute atomic E-state index is 0.305. The Morgan fingerprint density at radius 2 is 1.52 bits per heavy atom. The van der Waals surface area contributed by atoms with Crippen LogP contribution in [0.25, 0.3) is 0 Å². The van der Waals surface area contributed by atoms with Crippen molar-refractivity contribution in [3.05, 3.63) is 66.2 Å². The van der Waals surface area contributed by atoms with Gasteiger partial charge in [-0.05, 0) is 12.1 Å². The monoisotopic (exact) mass is 360 g/mol. The van der Waals surface area contributed by atoms with Crippen LogP contribution in [-0.4, -0.2) is 46.7 Å². The molecule has 25 heavy (non-hydrogen) atoms. The highest BCUT2D eigenvalue weighted by Gasteiger charge is 2.49. The van der Waals surface area contributed by atoms with E-state index in [1.165, 1.54) is 11.8 Å². The summed E-state index contributed by atoms with van der Waals surface area (Å²) in [4.78, 5) is 0.969. The Kier molecular flexibility index (Phi) is 5.08. The molecule has 0 aromatic heterocycles. The first kappa shape index (κ1) is 17.0. The molecule has 0 bridgehead atoms. The Morgan fingerprint density at radius 1 is 0.840 bits per heavy atom. The average Bonchev–Trinajstić information content (AvgIpc) is 2.67. The Balaban J connectivity index is 1.46. The smallest absolute Gasteiger partial charge is 0.184 e. The Hall–Kier alpha value is -1.41. The van der Waals surface area contributed by atoms with E-state index in [0.29, 0.717) is 6.61 Å². The predicted molar refractivity (Wildman–Crippen MR) is 93.0 cm³/mol. The second-order valence-electron chi connectivity index (χ2n) is 6.13. The molecular weight excluding hydrogens is 340 g/mol. The fourth-order valence-corrected chi connectivity index (χ4v) is 4.17. The molecular formula is C19H20O5S. The second kappa shape index (κ2) is 7.45. The van der Waals surface area contributed by atoms with Gasteiger partial charge in [-0.3, -0.25) is 0 Å². The van der Waals surface area contributed by atoms with Crippen LogP contribution in [0.5, 0.6) is 0 Å². The predicted octanol–water partition coefficient (Wildman–Crippen LogP) is 2.34. The van der Waals surface area contributed by atoms with Crippen molar-refractivity contribution in [2.75, 3.05) is 6.61 Å². The third kappa shape index (κ3) is 3.60. The molecule has 4 rings (SSSR count). The Labute approximate surface area is 150 Å². The van der Waals surface area contributed by atoms with Gasteiger partial charge in [0.15, 0.2) is 6.29 Å². The van der Waals surface area contributed by atoms with Crippen LogP contribution in [-0.2, 0) is 14.2 Å². The van der Waals surface area contributed by atoms with Gasteiger partial charge < -0.3 is 24.4 Å². The molecule has 2 N–H and O–H groups in total. The van der Waals surface area contributed by atoms with Gasteiger partial charge in [-0.25, -0.2) is 0 Å². The number of aliphatic hydroxyl groups excluding tert-OH is 2. The van der Waals surface area contributed by atoms with Gasteiger partial charge >= 0.3 is 0 Å². The molecule has 2 aliphatic rings. The summed E-state index contributed by atoms with van der Waals surface area (Å²) in [6, 6.07) is 19.2. The highest BCUT2D eigenvalue weighted by Crippen LogP contribution is 2.38. The fraction of sp³-hybridized carbons (Fsp3) is 0.368. The van der Waals surface area contributed by atoms with Gasteiger partial charge in [0.05, 0.1) is 6.61 Å². The Morgan fingerprint density at radius 3 is 2.24 bits per heavy atom. The quantitative estimate of drug-likeness (QED) is 0.876. The summed E-state index contributed by atoms with van der Waals surface area (Å²) in [5, 5.41) is 21.0. The molecule has 2 fully saturated rings. The molecule has 132 valence electrons. The topological polar surface area (TPSA) is 68.2 Å². The maximum atomic E-state index is 10.6. The Bertz CT molecular complexity index is 681. The molecule has 0 saturated carbocycles. The molecule has 2 saturated heterocycles. The molecule has 0 spiro atoms. The molecule has 0 aliphatic carbocycles. The van der Waals surface area contributed by atoms with Gasteiger partial charge in [-0.2, -0.15) is 0 Å². The maximum Gasteiger partial charge on any atom is 0.184 e. The largest absolute Gasteiger partial charge is 0.387 e. The van der Waals surface area contributed by atoms with E-state index in [9.17, 15) is 10.2 Å². The van der Waals surface area contributed by atoms with E-state index >= 15 is 0 Å². The highest BCUT2D eigenvalue weighted by molar-refractivity contribution is 7.99. The average molecular weight is 360 g/mol. The second-order valence-corrected chi connectivity index (χ2v) is 7.30. The number of aliphatic hydroxyl groups is 2. The highest BCUT2D eigenvalue weighted by atomic mass is 32.2. The van der Waals surface area contributed by atoms with Crippen LogP contribution < -0.4 is 0 Å². The van der Waals surface area contributed by atoms with Crippen molar-refractivity contribution < 1.29 is 24.4 Å². The van der Waals surface area contributed by atoms with E-state index in [1.807, 2.05) is 60.7 Å². The van der Waals surface area contributed by atoms with Gasteiger partial charge in [0.1, 0.15) is 29.9 Å². The normalized spacial score (nSPS) is 35.1. The summed E-state index contributed by atoms with van der Waals surface area (Å²) in [6.07, 6.45) is -3.68. The third-order valence-corrected chi connectivity index (χ3v) is 5.57.